The van der Waals surface area contributed by atoms with Crippen molar-refractivity contribution in [2.75, 3.05) is 4.72 Å². The van der Waals surface area contributed by atoms with Crippen LogP contribution in [0.25, 0.3) is 6.08 Å². The van der Waals surface area contributed by atoms with Gasteiger partial charge >= 0.3 is 0 Å². The Morgan fingerprint density at radius 1 is 1.22 bits per heavy atom. The van der Waals surface area contributed by atoms with Gasteiger partial charge in [-0.1, -0.05) is 24.3 Å². The smallest absolute Gasteiger partial charge is 0.267 e. The second-order valence-corrected chi connectivity index (χ2v) is 6.38. The van der Waals surface area contributed by atoms with Crippen LogP contribution in [0, 0.1) is 0 Å². The second-order valence-electron chi connectivity index (χ2n) is 4.65. The summed E-state index contributed by atoms with van der Waals surface area (Å²) in [7, 11) is -3.54. The van der Waals surface area contributed by atoms with Gasteiger partial charge in [0.25, 0.3) is 5.91 Å². The van der Waals surface area contributed by atoms with Crippen LogP contribution in [0.2, 0.25) is 0 Å². The first-order valence-electron chi connectivity index (χ1n) is 6.60. The lowest BCUT2D eigenvalue weighted by Gasteiger charge is -2.07. The first-order valence-corrected chi connectivity index (χ1v) is 8.25. The van der Waals surface area contributed by atoms with Gasteiger partial charge in [0.2, 0.25) is 10.0 Å². The standard InChI is InChI=1S/C15H15N3O4S/c19-15(17-20)8-7-12-3-5-13(6-4-12)11-23(21,22)18-14-2-1-9-16-10-14/h1-10,18,20H,11H2,(H,17,19). The highest BCUT2D eigenvalue weighted by Crippen LogP contribution is 2.13. The number of hydrogen-bond acceptors (Lipinski definition) is 5. The highest BCUT2D eigenvalue weighted by atomic mass is 32.2. The summed E-state index contributed by atoms with van der Waals surface area (Å²) in [4.78, 5) is 14.7. The zero-order chi connectivity index (χ0) is 16.7. The molecule has 0 unspecified atom stereocenters. The van der Waals surface area contributed by atoms with Gasteiger partial charge in [-0.2, -0.15) is 0 Å². The molecular weight excluding hydrogens is 318 g/mol. The SMILES string of the molecule is O=C(C=Cc1ccc(CS(=O)(=O)Nc2cccnc2)cc1)NO. The lowest BCUT2D eigenvalue weighted by atomic mass is 10.1. The summed E-state index contributed by atoms with van der Waals surface area (Å²) in [5.41, 5.74) is 3.19. The maximum atomic E-state index is 12.1. The fourth-order valence-corrected chi connectivity index (χ4v) is 2.98. The molecule has 0 fully saturated rings. The van der Waals surface area contributed by atoms with E-state index in [9.17, 15) is 13.2 Å². The number of benzene rings is 1. The minimum absolute atomic E-state index is 0.178. The van der Waals surface area contributed by atoms with E-state index in [1.165, 1.54) is 17.8 Å². The number of amides is 1. The Hall–Kier alpha value is -2.71. The highest BCUT2D eigenvalue weighted by molar-refractivity contribution is 7.91. The molecule has 7 nitrogen and oxygen atoms in total. The van der Waals surface area contributed by atoms with Crippen molar-refractivity contribution in [1.82, 2.24) is 10.5 Å². The summed E-state index contributed by atoms with van der Waals surface area (Å²) in [6.45, 7) is 0. The molecule has 23 heavy (non-hydrogen) atoms. The topological polar surface area (TPSA) is 108 Å². The number of rotatable bonds is 6. The first kappa shape index (κ1) is 16.7. The third-order valence-electron chi connectivity index (χ3n) is 2.81. The van der Waals surface area contributed by atoms with Crippen LogP contribution in [0.15, 0.2) is 54.9 Å². The summed E-state index contributed by atoms with van der Waals surface area (Å²) >= 11 is 0. The Balaban J connectivity index is 2.02. The van der Waals surface area contributed by atoms with Crippen LogP contribution in [0.4, 0.5) is 5.69 Å². The molecule has 0 saturated heterocycles. The summed E-state index contributed by atoms with van der Waals surface area (Å²) in [5.74, 6) is -0.819. The normalized spacial score (nSPS) is 11.3. The molecule has 1 heterocycles. The predicted molar refractivity (Wildman–Crippen MR) is 85.9 cm³/mol. The van der Waals surface area contributed by atoms with Crippen LogP contribution >= 0.6 is 0 Å². The highest BCUT2D eigenvalue weighted by Gasteiger charge is 2.11. The monoisotopic (exact) mass is 333 g/mol. The van der Waals surface area contributed by atoms with E-state index in [4.69, 9.17) is 5.21 Å². The number of sulfonamides is 1. The van der Waals surface area contributed by atoms with Crippen molar-refractivity contribution < 1.29 is 18.4 Å². The van der Waals surface area contributed by atoms with Crippen LogP contribution in [0.3, 0.4) is 0 Å². The first-order chi connectivity index (χ1) is 11.0. The Morgan fingerprint density at radius 3 is 2.57 bits per heavy atom. The molecule has 0 spiro atoms. The van der Waals surface area contributed by atoms with Gasteiger partial charge in [-0.05, 0) is 29.3 Å². The summed E-state index contributed by atoms with van der Waals surface area (Å²) < 4.78 is 26.6. The number of carbonyl (C=O) groups excluding carboxylic acids is 1. The Bertz CT molecular complexity index is 787. The van der Waals surface area contributed by atoms with Crippen molar-refractivity contribution in [3.05, 3.63) is 66.0 Å². The zero-order valence-electron chi connectivity index (χ0n) is 12.0. The van der Waals surface area contributed by atoms with E-state index in [0.717, 1.165) is 6.08 Å². The second kappa shape index (κ2) is 7.52. The summed E-state index contributed by atoms with van der Waals surface area (Å²) in [6.07, 6.45) is 5.65. The van der Waals surface area contributed by atoms with Crippen LogP contribution in [-0.4, -0.2) is 24.5 Å². The van der Waals surface area contributed by atoms with E-state index in [-0.39, 0.29) is 5.75 Å². The van der Waals surface area contributed by atoms with Crippen molar-refractivity contribution in [3.8, 4) is 0 Å². The molecule has 0 aliphatic rings. The lowest BCUT2D eigenvalue weighted by Crippen LogP contribution is -2.15. The van der Waals surface area contributed by atoms with Crippen LogP contribution in [-0.2, 0) is 20.6 Å². The molecule has 0 bridgehead atoms. The van der Waals surface area contributed by atoms with Gasteiger partial charge in [-0.25, -0.2) is 13.9 Å². The van der Waals surface area contributed by atoms with Gasteiger partial charge in [-0.15, -0.1) is 0 Å². The van der Waals surface area contributed by atoms with E-state index >= 15 is 0 Å². The molecule has 2 aromatic rings. The number of hydrogen-bond donors (Lipinski definition) is 3. The molecule has 1 aromatic heterocycles. The number of pyridine rings is 1. The molecule has 0 atom stereocenters. The number of carbonyl (C=O) groups is 1. The van der Waals surface area contributed by atoms with Gasteiger partial charge in [-0.3, -0.25) is 19.7 Å². The van der Waals surface area contributed by atoms with E-state index in [1.807, 2.05) is 0 Å². The predicted octanol–water partition coefficient (Wildman–Crippen LogP) is 1.54. The van der Waals surface area contributed by atoms with Crippen molar-refractivity contribution in [2.24, 2.45) is 0 Å². The van der Waals surface area contributed by atoms with Crippen LogP contribution in [0.5, 0.6) is 0 Å². The maximum Gasteiger partial charge on any atom is 0.267 e. The van der Waals surface area contributed by atoms with Crippen molar-refractivity contribution in [2.45, 2.75) is 5.75 Å². The maximum absolute atomic E-state index is 12.1. The summed E-state index contributed by atoms with van der Waals surface area (Å²) in [5, 5.41) is 8.38. The Kier molecular flexibility index (Phi) is 5.45. The molecule has 0 aliphatic heterocycles. The minimum Gasteiger partial charge on any atom is -0.288 e. The van der Waals surface area contributed by atoms with Crippen molar-refractivity contribution in [3.63, 3.8) is 0 Å². The molecule has 0 aliphatic carbocycles. The van der Waals surface area contributed by atoms with E-state index in [2.05, 4.69) is 9.71 Å². The average molecular weight is 333 g/mol. The largest absolute Gasteiger partial charge is 0.288 e. The molecule has 0 radical (unpaired) electrons. The minimum atomic E-state index is -3.54. The lowest BCUT2D eigenvalue weighted by molar-refractivity contribution is -0.124. The van der Waals surface area contributed by atoms with E-state index < -0.39 is 15.9 Å². The number of anilines is 1. The van der Waals surface area contributed by atoms with E-state index in [0.29, 0.717) is 16.8 Å². The Morgan fingerprint density at radius 2 is 1.96 bits per heavy atom. The third kappa shape index (κ3) is 5.53. The number of aromatic nitrogens is 1. The fourth-order valence-electron chi connectivity index (χ4n) is 1.79. The Labute approximate surface area is 133 Å². The van der Waals surface area contributed by atoms with Crippen molar-refractivity contribution in [1.29, 1.82) is 0 Å². The average Bonchev–Trinajstić information content (AvgIpc) is 2.54. The molecular formula is C15H15N3O4S. The summed E-state index contributed by atoms with van der Waals surface area (Å²) in [6, 6.07) is 9.91. The van der Waals surface area contributed by atoms with Crippen molar-refractivity contribution >= 4 is 27.7 Å². The molecule has 2 rings (SSSR count). The van der Waals surface area contributed by atoms with Gasteiger partial charge in [0.05, 0.1) is 17.6 Å². The molecule has 120 valence electrons. The zero-order valence-corrected chi connectivity index (χ0v) is 12.8. The quantitative estimate of drug-likeness (QED) is 0.422. The van der Waals surface area contributed by atoms with Gasteiger partial charge in [0.1, 0.15) is 0 Å². The van der Waals surface area contributed by atoms with E-state index in [1.54, 1.807) is 42.6 Å². The number of nitrogens with zero attached hydrogens (tertiary/aromatic N) is 1. The molecule has 1 aromatic carbocycles. The molecule has 1 amide bonds. The fraction of sp³-hybridized carbons (Fsp3) is 0.0667. The van der Waals surface area contributed by atoms with Gasteiger partial charge < -0.3 is 0 Å². The van der Waals surface area contributed by atoms with Crippen LogP contribution in [0.1, 0.15) is 11.1 Å². The molecule has 0 saturated carbocycles. The third-order valence-corrected chi connectivity index (χ3v) is 4.07. The van der Waals surface area contributed by atoms with Crippen LogP contribution < -0.4 is 10.2 Å². The van der Waals surface area contributed by atoms with Gasteiger partial charge in [0.15, 0.2) is 0 Å². The number of nitrogens with one attached hydrogen (secondary N) is 2. The molecule has 3 N–H and O–H groups in total. The molecule has 8 heteroatoms. The van der Waals surface area contributed by atoms with Gasteiger partial charge in [0, 0.05) is 12.3 Å². The number of hydroxylamine groups is 1.